The zero-order valence-corrected chi connectivity index (χ0v) is 19.9. The molecule has 4 rings (SSSR count). The van der Waals surface area contributed by atoms with Gasteiger partial charge in [-0.1, -0.05) is 60.7 Å². The van der Waals surface area contributed by atoms with Gasteiger partial charge in [0.1, 0.15) is 18.5 Å². The van der Waals surface area contributed by atoms with Crippen LogP contribution in [0.1, 0.15) is 67.6 Å². The molecule has 172 valence electrons. The second-order valence-electron chi connectivity index (χ2n) is 9.11. The lowest BCUT2D eigenvalue weighted by atomic mass is 9.73. The largest absolute Gasteiger partial charge is 0.488 e. The first-order chi connectivity index (χ1) is 15.4. The Balaban J connectivity index is 1.68. The molecule has 1 aliphatic carbocycles. The van der Waals surface area contributed by atoms with Crippen LogP contribution in [0.25, 0.3) is 0 Å². The summed E-state index contributed by atoms with van der Waals surface area (Å²) >= 11 is 12.9. The van der Waals surface area contributed by atoms with Crippen molar-refractivity contribution in [2.75, 3.05) is 6.61 Å². The Hall–Kier alpha value is -1.75. The minimum absolute atomic E-state index is 0.0351. The van der Waals surface area contributed by atoms with Crippen molar-refractivity contribution >= 4 is 29.2 Å². The van der Waals surface area contributed by atoms with Crippen molar-refractivity contribution in [3.05, 3.63) is 63.1 Å². The van der Waals surface area contributed by atoms with Crippen molar-refractivity contribution in [1.82, 2.24) is 0 Å². The molecule has 1 saturated carbocycles. The van der Waals surface area contributed by atoms with Crippen LogP contribution in [0.3, 0.4) is 0 Å². The highest BCUT2D eigenvalue weighted by Gasteiger charge is 2.32. The monoisotopic (exact) mass is 476 g/mol. The highest BCUT2D eigenvalue weighted by molar-refractivity contribution is 6.32. The number of hydrogen-bond acceptors (Lipinski definition) is 4. The molecule has 1 unspecified atom stereocenters. The second kappa shape index (κ2) is 10.5. The minimum Gasteiger partial charge on any atom is -0.488 e. The molecular weight excluding hydrogens is 447 g/mol. The van der Waals surface area contributed by atoms with Crippen molar-refractivity contribution in [1.29, 1.82) is 0 Å². The molecule has 2 aromatic rings. The number of rotatable bonds is 6. The van der Waals surface area contributed by atoms with Gasteiger partial charge >= 0.3 is 5.97 Å². The number of benzene rings is 2. The zero-order valence-electron chi connectivity index (χ0n) is 18.4. The predicted molar refractivity (Wildman–Crippen MR) is 127 cm³/mol. The molecule has 4 nitrogen and oxygen atoms in total. The van der Waals surface area contributed by atoms with Crippen molar-refractivity contribution in [3.8, 4) is 5.75 Å². The molecular formula is C26H30Cl2O4. The topological polar surface area (TPSA) is 55.8 Å². The Bertz CT molecular complexity index is 938. The smallest absolute Gasteiger partial charge is 0.308 e. The normalized spacial score (nSPS) is 22.9. The number of cyclic esters (lactones) is 1. The first-order valence-electron chi connectivity index (χ1n) is 11.5. The molecule has 0 amide bonds. The molecule has 1 saturated heterocycles. The Morgan fingerprint density at radius 2 is 1.84 bits per heavy atom. The summed E-state index contributed by atoms with van der Waals surface area (Å²) in [5.74, 6) is 0.867. The van der Waals surface area contributed by atoms with E-state index in [1.165, 1.54) is 24.8 Å². The van der Waals surface area contributed by atoms with E-state index in [4.69, 9.17) is 32.7 Å². The molecule has 1 N–H and O–H groups in total. The zero-order chi connectivity index (χ0) is 22.7. The van der Waals surface area contributed by atoms with E-state index < -0.39 is 18.2 Å². The Kier molecular flexibility index (Phi) is 7.65. The highest BCUT2D eigenvalue weighted by Crippen LogP contribution is 2.46. The minimum atomic E-state index is -0.693. The van der Waals surface area contributed by atoms with E-state index in [1.807, 2.05) is 25.1 Å². The average Bonchev–Trinajstić information content (AvgIpc) is 2.75. The van der Waals surface area contributed by atoms with Gasteiger partial charge in [-0.15, -0.1) is 0 Å². The van der Waals surface area contributed by atoms with Gasteiger partial charge in [0, 0.05) is 22.9 Å². The number of aliphatic hydroxyl groups is 1. The van der Waals surface area contributed by atoms with E-state index in [1.54, 1.807) is 0 Å². The number of hydrogen-bond donors (Lipinski definition) is 1. The van der Waals surface area contributed by atoms with Gasteiger partial charge in [-0.2, -0.15) is 0 Å². The van der Waals surface area contributed by atoms with E-state index in [0.717, 1.165) is 24.0 Å². The van der Waals surface area contributed by atoms with Crippen LogP contribution in [-0.2, 0) is 9.53 Å². The third kappa shape index (κ3) is 5.59. The van der Waals surface area contributed by atoms with Crippen LogP contribution in [0.4, 0.5) is 0 Å². The van der Waals surface area contributed by atoms with Crippen LogP contribution in [0, 0.1) is 12.8 Å². The summed E-state index contributed by atoms with van der Waals surface area (Å²) in [7, 11) is 0. The van der Waals surface area contributed by atoms with E-state index in [2.05, 4.69) is 18.2 Å². The number of esters is 1. The van der Waals surface area contributed by atoms with Gasteiger partial charge < -0.3 is 14.6 Å². The standard InChI is InChI=1S/C26H30Cl2O4/c1-16-11-22(25(17-5-3-2-4-6-17)18-7-9-19(27)10-8-18)26(23(28)12-16)31-15-21-13-20(29)14-24(30)32-21/h7-12,17,20-21,25,29H,2-6,13-15H2,1H3/t20-,21+,25?/m1/s1. The summed E-state index contributed by atoms with van der Waals surface area (Å²) in [6.07, 6.45) is 5.26. The Labute approximate surface area is 199 Å². The fourth-order valence-corrected chi connectivity index (χ4v) is 5.58. The van der Waals surface area contributed by atoms with Crippen LogP contribution in [0.5, 0.6) is 5.75 Å². The molecule has 2 aromatic carbocycles. The molecule has 6 heteroatoms. The average molecular weight is 477 g/mol. The van der Waals surface area contributed by atoms with Gasteiger partial charge in [0.25, 0.3) is 0 Å². The second-order valence-corrected chi connectivity index (χ2v) is 9.95. The van der Waals surface area contributed by atoms with E-state index in [-0.39, 0.29) is 18.9 Å². The summed E-state index contributed by atoms with van der Waals surface area (Å²) in [4.78, 5) is 11.7. The van der Waals surface area contributed by atoms with Gasteiger partial charge in [-0.3, -0.25) is 4.79 Å². The van der Waals surface area contributed by atoms with E-state index >= 15 is 0 Å². The SMILES string of the molecule is Cc1cc(Cl)c(OC[C@@H]2C[C@@H](O)CC(=O)O2)c(C(c2ccc(Cl)cc2)C2CCCCC2)c1. The van der Waals surface area contributed by atoms with Crippen molar-refractivity contribution < 1.29 is 19.4 Å². The van der Waals surface area contributed by atoms with Crippen molar-refractivity contribution in [2.24, 2.45) is 5.92 Å². The van der Waals surface area contributed by atoms with Crippen molar-refractivity contribution in [3.63, 3.8) is 0 Å². The van der Waals surface area contributed by atoms with Gasteiger partial charge in [-0.05, 0) is 55.0 Å². The molecule has 32 heavy (non-hydrogen) atoms. The van der Waals surface area contributed by atoms with Crippen molar-refractivity contribution in [2.45, 2.75) is 70.0 Å². The third-order valence-corrected chi connectivity index (χ3v) is 7.08. The Morgan fingerprint density at radius 3 is 2.53 bits per heavy atom. The molecule has 0 aromatic heterocycles. The maximum atomic E-state index is 11.7. The van der Waals surface area contributed by atoms with Gasteiger partial charge in [0.2, 0.25) is 0 Å². The number of carbonyl (C=O) groups is 1. The van der Waals surface area contributed by atoms with Crippen LogP contribution in [-0.4, -0.2) is 29.9 Å². The molecule has 0 spiro atoms. The third-order valence-electron chi connectivity index (χ3n) is 6.55. The molecule has 2 fully saturated rings. The summed E-state index contributed by atoms with van der Waals surface area (Å²) in [5, 5.41) is 11.2. The number of carbonyl (C=O) groups excluding carboxylic acids is 1. The summed E-state index contributed by atoms with van der Waals surface area (Å²) in [5.41, 5.74) is 3.34. The molecule has 0 radical (unpaired) electrons. The predicted octanol–water partition coefficient (Wildman–Crippen LogP) is 6.46. The first kappa shape index (κ1) is 23.4. The van der Waals surface area contributed by atoms with E-state index in [0.29, 0.717) is 28.1 Å². The van der Waals surface area contributed by atoms with E-state index in [9.17, 15) is 9.90 Å². The molecule has 3 atom stereocenters. The van der Waals surface area contributed by atoms with Crippen LogP contribution >= 0.6 is 23.2 Å². The summed E-state index contributed by atoms with van der Waals surface area (Å²) < 4.78 is 11.6. The molecule has 2 aliphatic rings. The fourth-order valence-electron chi connectivity index (χ4n) is 5.12. The fraction of sp³-hybridized carbons (Fsp3) is 0.500. The maximum absolute atomic E-state index is 11.7. The first-order valence-corrected chi connectivity index (χ1v) is 12.2. The molecule has 0 bridgehead atoms. The highest BCUT2D eigenvalue weighted by atomic mass is 35.5. The number of aliphatic hydroxyl groups excluding tert-OH is 1. The van der Waals surface area contributed by atoms with Crippen LogP contribution in [0.15, 0.2) is 36.4 Å². The molecule has 1 heterocycles. The van der Waals surface area contributed by atoms with Crippen LogP contribution in [0.2, 0.25) is 10.0 Å². The summed E-state index contributed by atoms with van der Waals surface area (Å²) in [6.45, 7) is 2.20. The van der Waals surface area contributed by atoms with Gasteiger partial charge in [-0.25, -0.2) is 0 Å². The molecule has 1 aliphatic heterocycles. The van der Waals surface area contributed by atoms with Gasteiger partial charge in [0.15, 0.2) is 0 Å². The summed E-state index contributed by atoms with van der Waals surface area (Å²) in [6, 6.07) is 12.1. The maximum Gasteiger partial charge on any atom is 0.308 e. The lowest BCUT2D eigenvalue weighted by Gasteiger charge is -2.33. The number of halogens is 2. The quantitative estimate of drug-likeness (QED) is 0.486. The van der Waals surface area contributed by atoms with Gasteiger partial charge in [0.05, 0.1) is 17.5 Å². The Morgan fingerprint density at radius 1 is 1.12 bits per heavy atom. The van der Waals surface area contributed by atoms with Crippen LogP contribution < -0.4 is 4.74 Å². The lowest BCUT2D eigenvalue weighted by Crippen LogP contribution is -2.36. The number of ether oxygens (including phenoxy) is 2. The number of aryl methyl sites for hydroxylation is 1. The lowest BCUT2D eigenvalue weighted by molar-refractivity contribution is -0.162.